The molecule has 52 heavy (non-hydrogen) atoms. The second-order valence-corrected chi connectivity index (χ2v) is 15.2. The van der Waals surface area contributed by atoms with E-state index in [0.29, 0.717) is 19.3 Å². The van der Waals surface area contributed by atoms with Gasteiger partial charge in [-0.25, -0.2) is 4.79 Å². The van der Waals surface area contributed by atoms with Crippen LogP contribution in [0.2, 0.25) is 0 Å². The van der Waals surface area contributed by atoms with Gasteiger partial charge in [0, 0.05) is 19.3 Å². The highest BCUT2D eigenvalue weighted by Crippen LogP contribution is 2.14. The fourth-order valence-electron chi connectivity index (χ4n) is 6.03. The number of likely N-dealkylation sites (N-methyl/N-ethyl adjacent to an activating group) is 1. The third-order valence-corrected chi connectivity index (χ3v) is 9.29. The fourth-order valence-corrected chi connectivity index (χ4v) is 6.03. The maximum Gasteiger partial charge on any atom is 0.362 e. The van der Waals surface area contributed by atoms with Crippen molar-refractivity contribution < 1.29 is 38.2 Å². The lowest BCUT2D eigenvalue weighted by molar-refractivity contribution is -0.887. The van der Waals surface area contributed by atoms with E-state index in [0.717, 1.165) is 32.1 Å². The average molecular weight is 735 g/mol. The van der Waals surface area contributed by atoms with Crippen molar-refractivity contribution in [2.45, 2.75) is 187 Å². The second kappa shape index (κ2) is 35.6. The van der Waals surface area contributed by atoms with Crippen molar-refractivity contribution in [3.63, 3.8) is 0 Å². The summed E-state index contributed by atoms with van der Waals surface area (Å²) in [6, 6.07) is -0.620. The molecule has 0 aromatic rings. The lowest BCUT2D eigenvalue weighted by atomic mass is 10.1. The molecule has 8 heteroatoms. The number of aliphatic carboxylic acids is 1. The Hall–Kier alpha value is -2.45. The predicted octanol–water partition coefficient (Wildman–Crippen LogP) is 11.1. The Balaban J connectivity index is 4.23. The molecule has 0 rings (SSSR count). The quantitative estimate of drug-likeness (QED) is 0.0293. The highest BCUT2D eigenvalue weighted by Gasteiger charge is 2.31. The molecule has 0 amide bonds. The molecule has 0 fully saturated rings. The zero-order chi connectivity index (χ0) is 38.5. The van der Waals surface area contributed by atoms with Crippen LogP contribution in [0.3, 0.4) is 0 Å². The topological polar surface area (TPSA) is 99.1 Å². The summed E-state index contributed by atoms with van der Waals surface area (Å²) in [6.07, 6.45) is 39.5. The number of carbonyl (C=O) groups excluding carboxylic acids is 2. The number of carbonyl (C=O) groups is 3. The summed E-state index contributed by atoms with van der Waals surface area (Å²) < 4.78 is 17.1. The minimum Gasteiger partial charge on any atom is -0.477 e. The summed E-state index contributed by atoms with van der Waals surface area (Å²) >= 11 is 0. The number of allylic oxidation sites excluding steroid dienone is 6. The molecule has 0 bridgehead atoms. The van der Waals surface area contributed by atoms with Crippen LogP contribution in [0.4, 0.5) is 0 Å². The molecule has 2 unspecified atom stereocenters. The molecule has 8 nitrogen and oxygen atoms in total. The SMILES string of the molecule is CC/C=C/C/C=C/CCC(=O)OCC(COCCC(C(=O)O)[N+](C)(C)C)OC(=O)CCCCCCCCC/C=C/CCCCCCCCCCCC. The number of quaternary nitrogens is 1. The van der Waals surface area contributed by atoms with Crippen molar-refractivity contribution in [3.05, 3.63) is 36.5 Å². The van der Waals surface area contributed by atoms with E-state index in [9.17, 15) is 19.5 Å². The molecule has 0 aliphatic heterocycles. The Morgan fingerprint density at radius 1 is 0.596 bits per heavy atom. The first-order valence-electron chi connectivity index (χ1n) is 21.0. The van der Waals surface area contributed by atoms with Gasteiger partial charge in [-0.2, -0.15) is 0 Å². The minimum absolute atomic E-state index is 0.0423. The number of esters is 2. The minimum atomic E-state index is -0.884. The lowest BCUT2D eigenvalue weighted by Crippen LogP contribution is -2.50. The monoisotopic (exact) mass is 735 g/mol. The van der Waals surface area contributed by atoms with Gasteiger partial charge in [0.25, 0.3) is 0 Å². The van der Waals surface area contributed by atoms with E-state index in [1.807, 2.05) is 33.3 Å². The lowest BCUT2D eigenvalue weighted by Gasteiger charge is -2.31. The van der Waals surface area contributed by atoms with E-state index in [4.69, 9.17) is 14.2 Å². The number of hydrogen-bond acceptors (Lipinski definition) is 6. The standard InChI is InChI=1S/C44H79NO7/c1-6-8-10-12-14-15-16-17-18-19-20-21-22-23-24-25-26-27-29-31-33-35-43(47)52-40(38-50-37-36-41(44(48)49)45(3,4)5)39-51-42(46)34-32-30-28-13-11-9-7-2/h9,11,21-22,28,30,40-41H,6-8,10,12-20,23-27,29,31-39H2,1-5H3/p+1/b11-9+,22-21+,30-28+. The number of carboxylic acid groups (broad SMARTS) is 1. The van der Waals surface area contributed by atoms with Crippen molar-refractivity contribution in [1.29, 1.82) is 0 Å². The van der Waals surface area contributed by atoms with Crippen molar-refractivity contribution in [1.82, 2.24) is 0 Å². The first-order valence-corrected chi connectivity index (χ1v) is 21.0. The summed E-state index contributed by atoms with van der Waals surface area (Å²) in [7, 11) is 5.50. The van der Waals surface area contributed by atoms with E-state index in [2.05, 4.69) is 38.2 Å². The summed E-state index contributed by atoms with van der Waals surface area (Å²) in [5, 5.41) is 9.58. The van der Waals surface area contributed by atoms with E-state index in [1.54, 1.807) is 0 Å². The molecule has 0 saturated carbocycles. The largest absolute Gasteiger partial charge is 0.477 e. The molecule has 0 aromatic carbocycles. The summed E-state index contributed by atoms with van der Waals surface area (Å²) in [4.78, 5) is 36.7. The maximum atomic E-state index is 12.7. The van der Waals surface area contributed by atoms with Crippen LogP contribution in [0, 0.1) is 0 Å². The molecular weight excluding hydrogens is 654 g/mol. The van der Waals surface area contributed by atoms with Gasteiger partial charge in [0.15, 0.2) is 12.1 Å². The van der Waals surface area contributed by atoms with Crippen molar-refractivity contribution in [2.75, 3.05) is 41.0 Å². The third-order valence-electron chi connectivity index (χ3n) is 9.29. The van der Waals surface area contributed by atoms with Crippen LogP contribution in [-0.4, -0.2) is 80.6 Å². The molecule has 0 saturated heterocycles. The Bertz CT molecular complexity index is 953. The molecule has 0 aliphatic carbocycles. The van der Waals surface area contributed by atoms with Crippen LogP contribution < -0.4 is 0 Å². The number of nitrogens with zero attached hydrogens (tertiary/aromatic N) is 1. The smallest absolute Gasteiger partial charge is 0.362 e. The van der Waals surface area contributed by atoms with Crippen LogP contribution in [0.1, 0.15) is 174 Å². The number of ether oxygens (including phenoxy) is 3. The highest BCUT2D eigenvalue weighted by atomic mass is 16.6. The van der Waals surface area contributed by atoms with E-state index >= 15 is 0 Å². The first-order chi connectivity index (χ1) is 25.1. The van der Waals surface area contributed by atoms with Gasteiger partial charge in [0.2, 0.25) is 0 Å². The molecule has 0 aliphatic rings. The van der Waals surface area contributed by atoms with Gasteiger partial charge in [-0.1, -0.05) is 140 Å². The van der Waals surface area contributed by atoms with Gasteiger partial charge >= 0.3 is 17.9 Å². The molecule has 0 heterocycles. The predicted molar refractivity (Wildman–Crippen MR) is 215 cm³/mol. The van der Waals surface area contributed by atoms with Gasteiger partial charge in [-0.3, -0.25) is 9.59 Å². The van der Waals surface area contributed by atoms with Crippen LogP contribution >= 0.6 is 0 Å². The normalized spacial score (nSPS) is 13.3. The zero-order valence-electron chi connectivity index (χ0n) is 34.3. The van der Waals surface area contributed by atoms with Crippen molar-refractivity contribution in [2.24, 2.45) is 0 Å². The van der Waals surface area contributed by atoms with Gasteiger partial charge in [-0.05, 0) is 51.4 Å². The summed E-state index contributed by atoms with van der Waals surface area (Å²) in [5.41, 5.74) is 0. The molecule has 0 aromatic heterocycles. The molecule has 0 radical (unpaired) electrons. The van der Waals surface area contributed by atoms with Crippen LogP contribution in [0.15, 0.2) is 36.5 Å². The zero-order valence-corrected chi connectivity index (χ0v) is 34.3. The molecule has 302 valence electrons. The number of unbranched alkanes of at least 4 members (excludes halogenated alkanes) is 17. The summed E-state index contributed by atoms with van der Waals surface area (Å²) in [6.45, 7) is 4.52. The molecule has 0 spiro atoms. The van der Waals surface area contributed by atoms with Gasteiger partial charge in [0.1, 0.15) is 6.61 Å². The Labute approximate surface area is 319 Å². The van der Waals surface area contributed by atoms with Gasteiger partial charge in [0.05, 0.1) is 34.4 Å². The van der Waals surface area contributed by atoms with Crippen molar-refractivity contribution in [3.8, 4) is 0 Å². The number of rotatable bonds is 37. The van der Waals surface area contributed by atoms with E-state index in [1.165, 1.54) is 103 Å². The molecule has 2 atom stereocenters. The highest BCUT2D eigenvalue weighted by molar-refractivity contribution is 5.72. The number of carboxylic acids is 1. The van der Waals surface area contributed by atoms with Crippen LogP contribution in [0.5, 0.6) is 0 Å². The molecule has 1 N–H and O–H groups in total. The Kier molecular flexibility index (Phi) is 33.9. The van der Waals surface area contributed by atoms with Crippen molar-refractivity contribution >= 4 is 17.9 Å². The van der Waals surface area contributed by atoms with Gasteiger partial charge < -0.3 is 23.8 Å². The average Bonchev–Trinajstić information content (AvgIpc) is 3.09. The first kappa shape index (κ1) is 49.6. The van der Waals surface area contributed by atoms with E-state index < -0.39 is 18.1 Å². The second-order valence-electron chi connectivity index (χ2n) is 15.2. The third kappa shape index (κ3) is 33.4. The maximum absolute atomic E-state index is 12.7. The Morgan fingerprint density at radius 2 is 1.12 bits per heavy atom. The van der Waals surface area contributed by atoms with Crippen LogP contribution in [-0.2, 0) is 28.6 Å². The molecular formula is C44H80NO7+. The van der Waals surface area contributed by atoms with Gasteiger partial charge in [-0.15, -0.1) is 0 Å². The summed E-state index contributed by atoms with van der Waals surface area (Å²) in [5.74, 6) is -1.57. The van der Waals surface area contributed by atoms with E-state index in [-0.39, 0.29) is 42.7 Å². The fraction of sp³-hybridized carbons (Fsp3) is 0.795. The number of hydrogen-bond donors (Lipinski definition) is 1. The van der Waals surface area contributed by atoms with Crippen LogP contribution in [0.25, 0.3) is 0 Å². The Morgan fingerprint density at radius 3 is 1.65 bits per heavy atom.